The van der Waals surface area contributed by atoms with Crippen molar-refractivity contribution in [2.75, 3.05) is 26.2 Å². The van der Waals surface area contributed by atoms with Crippen LogP contribution >= 0.6 is 0 Å². The fourth-order valence-electron chi connectivity index (χ4n) is 2.65. The Morgan fingerprint density at radius 3 is 2.33 bits per heavy atom. The Morgan fingerprint density at radius 2 is 1.78 bits per heavy atom. The van der Waals surface area contributed by atoms with E-state index in [1.807, 2.05) is 0 Å². The number of nitrogens with zero attached hydrogens (tertiary/aromatic N) is 2. The summed E-state index contributed by atoms with van der Waals surface area (Å²) in [6.45, 7) is 10.2. The second-order valence-electron chi connectivity index (χ2n) is 4.88. The lowest BCUT2D eigenvalue weighted by atomic mass is 10.2. The van der Waals surface area contributed by atoms with Crippen molar-refractivity contribution in [1.29, 1.82) is 0 Å². The van der Waals surface area contributed by atoms with Gasteiger partial charge in [-0.3, -0.25) is 4.90 Å². The second-order valence-corrected chi connectivity index (χ2v) is 4.88. The van der Waals surface area contributed by atoms with Crippen LogP contribution in [0.2, 0.25) is 0 Å². The summed E-state index contributed by atoms with van der Waals surface area (Å²) < 4.78 is 0. The maximum Gasteiger partial charge on any atom is 0.0303 e. The van der Waals surface area contributed by atoms with E-state index in [4.69, 9.17) is 0 Å². The van der Waals surface area contributed by atoms with Crippen LogP contribution in [0.5, 0.6) is 0 Å². The lowest BCUT2D eigenvalue weighted by Gasteiger charge is -2.37. The van der Waals surface area contributed by atoms with Gasteiger partial charge in [-0.15, -0.1) is 0 Å². The van der Waals surface area contributed by atoms with E-state index in [9.17, 15) is 0 Å². The van der Waals surface area contributed by atoms with Crippen LogP contribution < -0.4 is 0 Å². The van der Waals surface area contributed by atoms with Crippen molar-refractivity contribution in [3.05, 3.63) is 47.7 Å². The molecule has 18 heavy (non-hydrogen) atoms. The fraction of sp³-hybridized carbons (Fsp3) is 0.500. The average molecular weight is 244 g/mol. The summed E-state index contributed by atoms with van der Waals surface area (Å²) in [6, 6.07) is 10.8. The van der Waals surface area contributed by atoms with Gasteiger partial charge in [-0.05, 0) is 18.9 Å². The Morgan fingerprint density at radius 1 is 1.11 bits per heavy atom. The average Bonchev–Trinajstić information content (AvgIpc) is 2.43. The van der Waals surface area contributed by atoms with E-state index in [0.29, 0.717) is 0 Å². The van der Waals surface area contributed by atoms with Crippen molar-refractivity contribution in [3.63, 3.8) is 0 Å². The van der Waals surface area contributed by atoms with Crippen molar-refractivity contribution in [2.45, 2.75) is 26.8 Å². The summed E-state index contributed by atoms with van der Waals surface area (Å²) >= 11 is 0. The van der Waals surface area contributed by atoms with E-state index in [2.05, 4.69) is 60.1 Å². The summed E-state index contributed by atoms with van der Waals surface area (Å²) in [6.07, 6.45) is 3.40. The molecule has 1 aliphatic heterocycles. The van der Waals surface area contributed by atoms with E-state index in [1.165, 1.54) is 37.4 Å². The van der Waals surface area contributed by atoms with Crippen LogP contribution in [-0.4, -0.2) is 36.0 Å². The van der Waals surface area contributed by atoms with Gasteiger partial charge in [0.1, 0.15) is 0 Å². The zero-order chi connectivity index (χ0) is 12.8. The van der Waals surface area contributed by atoms with Crippen LogP contribution in [0.4, 0.5) is 0 Å². The molecular weight excluding hydrogens is 220 g/mol. The molecule has 0 aliphatic carbocycles. The number of benzene rings is 1. The second kappa shape index (κ2) is 6.60. The third-order valence-corrected chi connectivity index (χ3v) is 3.72. The lowest BCUT2D eigenvalue weighted by Crippen LogP contribution is -2.45. The molecule has 0 atom stereocenters. The van der Waals surface area contributed by atoms with Crippen molar-refractivity contribution in [1.82, 2.24) is 9.80 Å². The minimum Gasteiger partial charge on any atom is -0.373 e. The molecule has 0 unspecified atom stereocenters. The molecule has 0 amide bonds. The molecule has 1 heterocycles. The van der Waals surface area contributed by atoms with Gasteiger partial charge in [0, 0.05) is 38.4 Å². The monoisotopic (exact) mass is 244 g/mol. The standard InChI is InChI=1S/C16H24N2/c1-3-16(4-2)18-12-10-17(11-13-18)14-15-8-6-5-7-9-15/h3,5-9H,4,10-14H2,1-2H3. The van der Waals surface area contributed by atoms with E-state index in [0.717, 1.165) is 13.0 Å². The van der Waals surface area contributed by atoms with Crippen LogP contribution in [-0.2, 0) is 6.54 Å². The topological polar surface area (TPSA) is 6.48 Å². The Kier molecular flexibility index (Phi) is 4.82. The zero-order valence-electron chi connectivity index (χ0n) is 11.6. The first-order chi connectivity index (χ1) is 8.83. The maximum atomic E-state index is 2.55. The highest BCUT2D eigenvalue weighted by Gasteiger charge is 2.17. The van der Waals surface area contributed by atoms with E-state index < -0.39 is 0 Å². The molecule has 0 N–H and O–H groups in total. The molecule has 0 bridgehead atoms. The molecule has 1 aromatic rings. The van der Waals surface area contributed by atoms with Crippen molar-refractivity contribution in [3.8, 4) is 0 Å². The number of hydrogen-bond acceptors (Lipinski definition) is 2. The van der Waals surface area contributed by atoms with E-state index in [1.54, 1.807) is 0 Å². The predicted octanol–water partition coefficient (Wildman–Crippen LogP) is 3.12. The molecule has 0 saturated carbocycles. The molecule has 0 spiro atoms. The van der Waals surface area contributed by atoms with Crippen LogP contribution in [0.25, 0.3) is 0 Å². The summed E-state index contributed by atoms with van der Waals surface area (Å²) in [5.74, 6) is 0. The van der Waals surface area contributed by atoms with Gasteiger partial charge in [0.25, 0.3) is 0 Å². The Bertz CT molecular complexity index is 375. The van der Waals surface area contributed by atoms with Crippen LogP contribution in [0.3, 0.4) is 0 Å². The van der Waals surface area contributed by atoms with Gasteiger partial charge >= 0.3 is 0 Å². The minimum atomic E-state index is 1.09. The molecular formula is C16H24N2. The smallest absolute Gasteiger partial charge is 0.0303 e. The van der Waals surface area contributed by atoms with Crippen molar-refractivity contribution < 1.29 is 0 Å². The molecule has 2 rings (SSSR count). The SMILES string of the molecule is CC=C(CC)N1CCN(Cc2ccccc2)CC1. The molecule has 0 aromatic heterocycles. The lowest BCUT2D eigenvalue weighted by molar-refractivity contribution is 0.150. The van der Waals surface area contributed by atoms with Gasteiger partial charge in [-0.1, -0.05) is 43.3 Å². The Hall–Kier alpha value is -1.28. The molecule has 1 aliphatic rings. The largest absolute Gasteiger partial charge is 0.373 e. The number of piperazine rings is 1. The van der Waals surface area contributed by atoms with Crippen LogP contribution in [0, 0.1) is 0 Å². The highest BCUT2D eigenvalue weighted by Crippen LogP contribution is 2.14. The summed E-state index contributed by atoms with van der Waals surface area (Å²) in [5.41, 5.74) is 2.92. The fourth-order valence-corrected chi connectivity index (χ4v) is 2.65. The van der Waals surface area contributed by atoms with Gasteiger partial charge < -0.3 is 4.90 Å². The highest BCUT2D eigenvalue weighted by atomic mass is 15.3. The Labute approximate surface area is 111 Å². The third-order valence-electron chi connectivity index (χ3n) is 3.72. The normalized spacial score (nSPS) is 18.1. The molecule has 2 nitrogen and oxygen atoms in total. The number of rotatable bonds is 4. The predicted molar refractivity (Wildman–Crippen MR) is 77.3 cm³/mol. The first kappa shape index (κ1) is 13.2. The van der Waals surface area contributed by atoms with Gasteiger partial charge in [-0.25, -0.2) is 0 Å². The summed E-state index contributed by atoms with van der Waals surface area (Å²) in [5, 5.41) is 0. The van der Waals surface area contributed by atoms with Gasteiger partial charge in [0.15, 0.2) is 0 Å². The van der Waals surface area contributed by atoms with Crippen LogP contribution in [0.1, 0.15) is 25.8 Å². The van der Waals surface area contributed by atoms with Crippen molar-refractivity contribution >= 4 is 0 Å². The molecule has 98 valence electrons. The molecule has 1 fully saturated rings. The maximum absolute atomic E-state index is 2.55. The summed E-state index contributed by atoms with van der Waals surface area (Å²) in [7, 11) is 0. The van der Waals surface area contributed by atoms with E-state index in [-0.39, 0.29) is 0 Å². The van der Waals surface area contributed by atoms with Gasteiger partial charge in [0.05, 0.1) is 0 Å². The quantitative estimate of drug-likeness (QED) is 0.803. The zero-order valence-corrected chi connectivity index (χ0v) is 11.6. The van der Waals surface area contributed by atoms with E-state index >= 15 is 0 Å². The molecule has 1 aromatic carbocycles. The Balaban J connectivity index is 1.84. The van der Waals surface area contributed by atoms with Crippen LogP contribution in [0.15, 0.2) is 42.1 Å². The first-order valence-corrected chi connectivity index (χ1v) is 7.00. The first-order valence-electron chi connectivity index (χ1n) is 7.00. The number of allylic oxidation sites excluding steroid dienone is 2. The minimum absolute atomic E-state index is 1.09. The summed E-state index contributed by atoms with van der Waals surface area (Å²) in [4.78, 5) is 5.08. The van der Waals surface area contributed by atoms with Gasteiger partial charge in [-0.2, -0.15) is 0 Å². The molecule has 0 radical (unpaired) electrons. The third kappa shape index (κ3) is 3.36. The molecule has 1 saturated heterocycles. The van der Waals surface area contributed by atoms with Gasteiger partial charge in [0.2, 0.25) is 0 Å². The highest BCUT2D eigenvalue weighted by molar-refractivity contribution is 5.14. The van der Waals surface area contributed by atoms with Crippen molar-refractivity contribution in [2.24, 2.45) is 0 Å². The number of hydrogen-bond donors (Lipinski definition) is 0. The molecule has 2 heteroatoms.